The second-order valence-electron chi connectivity index (χ2n) is 5.14. The molecule has 0 amide bonds. The van der Waals surface area contributed by atoms with Gasteiger partial charge in [-0.15, -0.1) is 0 Å². The van der Waals surface area contributed by atoms with E-state index in [9.17, 15) is 4.79 Å². The Bertz CT molecular complexity index is 366. The Balaban J connectivity index is 1.85. The molecule has 2 rings (SSSR count). The molecule has 19 heavy (non-hydrogen) atoms. The maximum atomic E-state index is 11.8. The number of hydrogen-bond acceptors (Lipinski definition) is 4. The molecule has 1 saturated carbocycles. The number of rotatable bonds is 6. The van der Waals surface area contributed by atoms with Gasteiger partial charge in [0.05, 0.1) is 13.4 Å². The molecule has 1 heterocycles. The Labute approximate surface area is 114 Å². The van der Waals surface area contributed by atoms with Crippen molar-refractivity contribution in [3.05, 3.63) is 24.2 Å². The number of methoxy groups -OCH3 is 1. The molecule has 1 fully saturated rings. The zero-order valence-electron chi connectivity index (χ0n) is 11.5. The normalized spacial score (nSPS) is 18.2. The van der Waals surface area contributed by atoms with Gasteiger partial charge >= 0.3 is 5.97 Å². The van der Waals surface area contributed by atoms with E-state index in [1.165, 1.54) is 39.2 Å². The molecule has 106 valence electrons. The predicted octanol–water partition coefficient (Wildman–Crippen LogP) is 3.31. The zero-order valence-corrected chi connectivity index (χ0v) is 11.5. The number of furan rings is 1. The Kier molecular flexibility index (Phi) is 5.45. The monoisotopic (exact) mass is 266 g/mol. The summed E-state index contributed by atoms with van der Waals surface area (Å²) in [4.78, 5) is 11.8. The van der Waals surface area contributed by atoms with Gasteiger partial charge in [-0.1, -0.05) is 32.1 Å². The van der Waals surface area contributed by atoms with Crippen molar-refractivity contribution in [3.63, 3.8) is 0 Å². The van der Waals surface area contributed by atoms with Gasteiger partial charge in [-0.2, -0.15) is 0 Å². The van der Waals surface area contributed by atoms with Crippen LogP contribution in [0.25, 0.3) is 0 Å². The topological polar surface area (TPSA) is 48.7 Å². The van der Waals surface area contributed by atoms with Gasteiger partial charge in [-0.3, -0.25) is 0 Å². The van der Waals surface area contributed by atoms with Crippen molar-refractivity contribution >= 4 is 5.97 Å². The third kappa shape index (κ3) is 4.39. The third-order valence-electron chi connectivity index (χ3n) is 3.74. The predicted molar refractivity (Wildman–Crippen MR) is 70.5 cm³/mol. The van der Waals surface area contributed by atoms with Crippen LogP contribution >= 0.6 is 0 Å². The van der Waals surface area contributed by atoms with Crippen LogP contribution in [0.5, 0.6) is 0 Å². The summed E-state index contributed by atoms with van der Waals surface area (Å²) in [6.45, 7) is 0.319. The van der Waals surface area contributed by atoms with Crippen LogP contribution in [-0.2, 0) is 20.9 Å². The van der Waals surface area contributed by atoms with E-state index in [4.69, 9.17) is 13.9 Å². The van der Waals surface area contributed by atoms with E-state index >= 15 is 0 Å². The molecule has 0 saturated heterocycles. The summed E-state index contributed by atoms with van der Waals surface area (Å²) in [5, 5.41) is 0. The van der Waals surface area contributed by atoms with E-state index in [-0.39, 0.29) is 5.97 Å². The van der Waals surface area contributed by atoms with Gasteiger partial charge < -0.3 is 13.9 Å². The zero-order chi connectivity index (χ0) is 13.5. The lowest BCUT2D eigenvalue weighted by molar-refractivity contribution is -0.156. The lowest BCUT2D eigenvalue weighted by Gasteiger charge is -2.25. The van der Waals surface area contributed by atoms with Gasteiger partial charge in [0, 0.05) is 0 Å². The molecule has 0 N–H and O–H groups in total. The molecule has 1 aliphatic rings. The van der Waals surface area contributed by atoms with Crippen LogP contribution in [0, 0.1) is 5.92 Å². The number of ether oxygens (including phenoxy) is 2. The maximum Gasteiger partial charge on any atom is 0.334 e. The van der Waals surface area contributed by atoms with E-state index in [2.05, 4.69) is 0 Å². The lowest BCUT2D eigenvalue weighted by Crippen LogP contribution is -2.29. The average molecular weight is 266 g/mol. The molecular weight excluding hydrogens is 244 g/mol. The third-order valence-corrected chi connectivity index (χ3v) is 3.74. The number of esters is 1. The van der Waals surface area contributed by atoms with Crippen LogP contribution in [-0.4, -0.2) is 19.2 Å². The van der Waals surface area contributed by atoms with Crippen LogP contribution in [0.1, 0.15) is 44.3 Å². The fraction of sp³-hybridized carbons (Fsp3) is 0.667. The Hall–Kier alpha value is -1.29. The highest BCUT2D eigenvalue weighted by molar-refractivity contribution is 5.74. The molecule has 1 unspecified atom stereocenters. The molecule has 0 bridgehead atoms. The van der Waals surface area contributed by atoms with Gasteiger partial charge in [0.2, 0.25) is 0 Å². The van der Waals surface area contributed by atoms with E-state index in [0.717, 1.165) is 12.2 Å². The lowest BCUT2D eigenvalue weighted by atomic mass is 9.85. The quantitative estimate of drug-likeness (QED) is 0.741. The second kappa shape index (κ2) is 7.34. The van der Waals surface area contributed by atoms with Gasteiger partial charge in [0.25, 0.3) is 0 Å². The minimum Gasteiger partial charge on any atom is -0.467 e. The van der Waals surface area contributed by atoms with Crippen LogP contribution in [0.3, 0.4) is 0 Å². The SMILES string of the molecule is COC(=O)C(CC1CCCCC1)OCc1ccco1. The highest BCUT2D eigenvalue weighted by Crippen LogP contribution is 2.28. The van der Waals surface area contributed by atoms with Gasteiger partial charge in [0.15, 0.2) is 6.10 Å². The fourth-order valence-electron chi connectivity index (χ4n) is 2.67. The van der Waals surface area contributed by atoms with E-state index in [1.54, 1.807) is 6.26 Å². The molecule has 1 aromatic heterocycles. The standard InChI is InChI=1S/C15H22O4/c1-17-15(16)14(10-12-6-3-2-4-7-12)19-11-13-8-5-9-18-13/h5,8-9,12,14H,2-4,6-7,10-11H2,1H3. The smallest absolute Gasteiger partial charge is 0.334 e. The molecule has 0 aromatic carbocycles. The summed E-state index contributed by atoms with van der Waals surface area (Å²) in [5.74, 6) is 1.03. The van der Waals surface area contributed by atoms with Gasteiger partial charge in [0.1, 0.15) is 12.4 Å². The van der Waals surface area contributed by atoms with E-state index < -0.39 is 6.10 Å². The summed E-state index contributed by atoms with van der Waals surface area (Å²) in [7, 11) is 1.41. The van der Waals surface area contributed by atoms with Crippen LogP contribution in [0.15, 0.2) is 22.8 Å². The molecule has 4 nitrogen and oxygen atoms in total. The van der Waals surface area contributed by atoms with Gasteiger partial charge in [-0.25, -0.2) is 4.79 Å². The highest BCUT2D eigenvalue weighted by Gasteiger charge is 2.25. The number of hydrogen-bond donors (Lipinski definition) is 0. The summed E-state index contributed by atoms with van der Waals surface area (Å²) in [5.41, 5.74) is 0. The first-order chi connectivity index (χ1) is 9.29. The summed E-state index contributed by atoms with van der Waals surface area (Å²) in [6.07, 6.45) is 8.11. The minimum atomic E-state index is -0.474. The molecule has 0 aliphatic heterocycles. The number of carbonyl (C=O) groups excluding carboxylic acids is 1. The molecule has 4 heteroatoms. The largest absolute Gasteiger partial charge is 0.467 e. The van der Waals surface area contributed by atoms with Crippen molar-refractivity contribution in [2.45, 2.75) is 51.2 Å². The highest BCUT2D eigenvalue weighted by atomic mass is 16.6. The molecule has 0 radical (unpaired) electrons. The number of carbonyl (C=O) groups is 1. The molecular formula is C15H22O4. The van der Waals surface area contributed by atoms with Crippen molar-refractivity contribution < 1.29 is 18.7 Å². The van der Waals surface area contributed by atoms with Crippen LogP contribution < -0.4 is 0 Å². The Morgan fingerprint density at radius 2 is 2.21 bits per heavy atom. The average Bonchev–Trinajstić information content (AvgIpc) is 2.97. The first kappa shape index (κ1) is 14.1. The van der Waals surface area contributed by atoms with E-state index in [1.807, 2.05) is 12.1 Å². The van der Waals surface area contributed by atoms with Crippen molar-refractivity contribution in [2.75, 3.05) is 7.11 Å². The van der Waals surface area contributed by atoms with Gasteiger partial charge in [-0.05, 0) is 24.5 Å². The maximum absolute atomic E-state index is 11.8. The Morgan fingerprint density at radius 3 is 2.84 bits per heavy atom. The van der Waals surface area contributed by atoms with Crippen molar-refractivity contribution in [2.24, 2.45) is 5.92 Å². The molecule has 0 spiro atoms. The first-order valence-corrected chi connectivity index (χ1v) is 7.01. The molecule has 1 aliphatic carbocycles. The Morgan fingerprint density at radius 1 is 1.42 bits per heavy atom. The summed E-state index contributed by atoms with van der Waals surface area (Å²) < 4.78 is 15.7. The van der Waals surface area contributed by atoms with Crippen molar-refractivity contribution in [1.29, 1.82) is 0 Å². The van der Waals surface area contributed by atoms with Crippen molar-refractivity contribution in [3.8, 4) is 0 Å². The fourth-order valence-corrected chi connectivity index (χ4v) is 2.67. The van der Waals surface area contributed by atoms with Crippen molar-refractivity contribution in [1.82, 2.24) is 0 Å². The van der Waals surface area contributed by atoms with E-state index in [0.29, 0.717) is 12.5 Å². The minimum absolute atomic E-state index is 0.280. The van der Waals surface area contributed by atoms with Crippen LogP contribution in [0.4, 0.5) is 0 Å². The second-order valence-corrected chi connectivity index (χ2v) is 5.14. The molecule has 1 atom stereocenters. The summed E-state index contributed by atoms with van der Waals surface area (Å²) in [6, 6.07) is 3.65. The molecule has 1 aromatic rings. The summed E-state index contributed by atoms with van der Waals surface area (Å²) >= 11 is 0. The van der Waals surface area contributed by atoms with Crippen LogP contribution in [0.2, 0.25) is 0 Å². The first-order valence-electron chi connectivity index (χ1n) is 7.01.